The highest BCUT2D eigenvalue weighted by atomic mass is 16.6. The highest BCUT2D eigenvalue weighted by molar-refractivity contribution is 5.98. The Balaban J connectivity index is 1.31. The molecule has 236 valence electrons. The summed E-state index contributed by atoms with van der Waals surface area (Å²) in [5.74, 6) is 0.872. The zero-order valence-corrected chi connectivity index (χ0v) is 26.3. The monoisotopic (exact) mass is 610 g/mol. The van der Waals surface area contributed by atoms with Crippen LogP contribution in [-0.2, 0) is 17.7 Å². The highest BCUT2D eigenvalue weighted by Crippen LogP contribution is 2.47. The van der Waals surface area contributed by atoms with Crippen molar-refractivity contribution in [2.24, 2.45) is 0 Å². The van der Waals surface area contributed by atoms with Crippen LogP contribution in [0.4, 0.5) is 4.79 Å². The molecular weight excluding hydrogens is 568 g/mol. The van der Waals surface area contributed by atoms with Crippen molar-refractivity contribution in [1.29, 1.82) is 0 Å². The minimum Gasteiger partial charge on any atom is -0.491 e. The van der Waals surface area contributed by atoms with Crippen LogP contribution in [0.1, 0.15) is 80.3 Å². The van der Waals surface area contributed by atoms with Crippen LogP contribution < -0.4 is 14.8 Å². The van der Waals surface area contributed by atoms with Gasteiger partial charge in [-0.25, -0.2) is 9.59 Å². The largest absolute Gasteiger partial charge is 0.491 e. The lowest BCUT2D eigenvalue weighted by Gasteiger charge is -2.24. The molecule has 0 radical (unpaired) electrons. The number of nitrogens with one attached hydrogen (secondary N) is 1. The molecule has 1 fully saturated rings. The van der Waals surface area contributed by atoms with Crippen LogP contribution >= 0.6 is 0 Å². The van der Waals surface area contributed by atoms with Crippen LogP contribution in [0, 0.1) is 0 Å². The van der Waals surface area contributed by atoms with Gasteiger partial charge in [0.25, 0.3) is 0 Å². The number of benzene rings is 3. The maximum atomic E-state index is 12.7. The van der Waals surface area contributed by atoms with E-state index in [1.54, 1.807) is 12.1 Å². The molecule has 2 heterocycles. The van der Waals surface area contributed by atoms with E-state index in [1.165, 1.54) is 24.8 Å². The number of aromatic carboxylic acids is 1. The van der Waals surface area contributed by atoms with Crippen LogP contribution in [0.25, 0.3) is 22.2 Å². The summed E-state index contributed by atoms with van der Waals surface area (Å²) in [5, 5.41) is 13.9. The van der Waals surface area contributed by atoms with Gasteiger partial charge in [-0.1, -0.05) is 55.7 Å². The first kappa shape index (κ1) is 30.6. The molecule has 2 aliphatic rings. The maximum absolute atomic E-state index is 12.7. The van der Waals surface area contributed by atoms with E-state index in [2.05, 4.69) is 16.0 Å². The normalized spacial score (nSPS) is 15.7. The van der Waals surface area contributed by atoms with E-state index in [4.69, 9.17) is 14.2 Å². The number of alkyl carbamates (subject to hydrolysis) is 1. The molecule has 1 aliphatic heterocycles. The molecular formula is C37H42N2O6. The third-order valence-corrected chi connectivity index (χ3v) is 8.64. The Bertz CT molecular complexity index is 1680. The maximum Gasteiger partial charge on any atom is 0.408 e. The molecule has 1 saturated carbocycles. The number of carboxylic acids is 1. The number of carbonyl (C=O) groups excluding carboxylic acids is 1. The lowest BCUT2D eigenvalue weighted by atomic mass is 9.81. The first-order valence-corrected chi connectivity index (χ1v) is 16.0. The average molecular weight is 611 g/mol. The highest BCUT2D eigenvalue weighted by Gasteiger charge is 2.30. The van der Waals surface area contributed by atoms with Crippen molar-refractivity contribution in [3.8, 4) is 22.8 Å². The molecule has 6 rings (SSSR count). The number of rotatable bonds is 8. The second-order valence-electron chi connectivity index (χ2n) is 13.1. The summed E-state index contributed by atoms with van der Waals surface area (Å²) in [6.45, 7) is 6.84. The molecule has 0 spiro atoms. The summed E-state index contributed by atoms with van der Waals surface area (Å²) >= 11 is 0. The third-order valence-electron chi connectivity index (χ3n) is 8.64. The molecule has 1 aromatic heterocycles. The number of fused-ring (bicyclic) bond motifs is 5. The SMILES string of the molecule is CC(C)(C)OC(=O)N[C@H](COc1ccc2c(c1)OCCn1c-2c(C2CCCCC2)c2ccc(C(=O)O)cc21)Cc1ccccc1. The molecule has 8 nitrogen and oxygen atoms in total. The van der Waals surface area contributed by atoms with E-state index in [-0.39, 0.29) is 18.2 Å². The Labute approximate surface area is 264 Å². The van der Waals surface area contributed by atoms with Gasteiger partial charge in [-0.2, -0.15) is 0 Å². The standard InChI is InChI=1S/C37H42N2O6/c1-37(2,3)45-36(42)38-27(20-24-10-6-4-7-11-24)23-44-28-15-17-30-32(22-28)43-19-18-39-31-21-26(35(40)41)14-16-29(31)33(34(30)39)25-12-8-5-9-13-25/h4,6-7,10-11,14-17,21-22,25,27H,5,8-9,12-13,18-20,23H2,1-3H3,(H,38,42)(H,40,41)/t27-/m0/s1. The lowest BCUT2D eigenvalue weighted by molar-refractivity contribution is 0.0487. The van der Waals surface area contributed by atoms with Crippen LogP contribution in [0.5, 0.6) is 11.5 Å². The quantitative estimate of drug-likeness (QED) is 0.210. The van der Waals surface area contributed by atoms with E-state index in [0.29, 0.717) is 31.2 Å². The van der Waals surface area contributed by atoms with Crippen molar-refractivity contribution >= 4 is 23.0 Å². The summed E-state index contributed by atoms with van der Waals surface area (Å²) in [7, 11) is 0. The topological polar surface area (TPSA) is 99.0 Å². The van der Waals surface area contributed by atoms with Gasteiger partial charge in [0.05, 0.1) is 23.8 Å². The predicted octanol–water partition coefficient (Wildman–Crippen LogP) is 7.96. The zero-order valence-electron chi connectivity index (χ0n) is 26.3. The summed E-state index contributed by atoms with van der Waals surface area (Å²) in [6.07, 6.45) is 6.00. The molecule has 3 aromatic carbocycles. The fourth-order valence-corrected chi connectivity index (χ4v) is 6.71. The molecule has 1 atom stereocenters. The number of ether oxygens (including phenoxy) is 3. The lowest BCUT2D eigenvalue weighted by Crippen LogP contribution is -2.43. The van der Waals surface area contributed by atoms with Gasteiger partial charge in [0.2, 0.25) is 0 Å². The number of nitrogens with zero attached hydrogens (tertiary/aromatic N) is 1. The van der Waals surface area contributed by atoms with Crippen molar-refractivity contribution in [3.63, 3.8) is 0 Å². The average Bonchev–Trinajstić information content (AvgIpc) is 3.21. The van der Waals surface area contributed by atoms with Crippen molar-refractivity contribution < 1.29 is 28.9 Å². The number of hydrogen-bond acceptors (Lipinski definition) is 5. The fourth-order valence-electron chi connectivity index (χ4n) is 6.71. The first-order valence-electron chi connectivity index (χ1n) is 16.0. The number of hydrogen-bond donors (Lipinski definition) is 2. The molecule has 2 N–H and O–H groups in total. The van der Waals surface area contributed by atoms with Crippen molar-refractivity contribution in [1.82, 2.24) is 9.88 Å². The molecule has 0 bridgehead atoms. The Morgan fingerprint density at radius 3 is 2.53 bits per heavy atom. The summed E-state index contributed by atoms with van der Waals surface area (Å²) in [4.78, 5) is 24.5. The van der Waals surface area contributed by atoms with Crippen LogP contribution in [0.15, 0.2) is 66.7 Å². The van der Waals surface area contributed by atoms with E-state index in [0.717, 1.165) is 46.3 Å². The Morgan fingerprint density at radius 2 is 1.80 bits per heavy atom. The van der Waals surface area contributed by atoms with Gasteiger partial charge in [0.15, 0.2) is 0 Å². The molecule has 45 heavy (non-hydrogen) atoms. The minimum absolute atomic E-state index is 0.248. The molecule has 0 saturated heterocycles. The predicted molar refractivity (Wildman–Crippen MR) is 174 cm³/mol. The van der Waals surface area contributed by atoms with Crippen molar-refractivity contribution in [3.05, 3.63) is 83.4 Å². The van der Waals surface area contributed by atoms with Crippen LogP contribution in [-0.4, -0.2) is 46.6 Å². The van der Waals surface area contributed by atoms with Gasteiger partial charge in [-0.15, -0.1) is 0 Å². The second kappa shape index (κ2) is 12.9. The first-order chi connectivity index (χ1) is 21.7. The number of carbonyl (C=O) groups is 2. The number of amides is 1. The van der Waals surface area contributed by atoms with Gasteiger partial charge < -0.3 is 29.2 Å². The van der Waals surface area contributed by atoms with Crippen molar-refractivity contribution in [2.45, 2.75) is 83.4 Å². The Morgan fingerprint density at radius 1 is 1.02 bits per heavy atom. The molecule has 8 heteroatoms. The summed E-state index contributed by atoms with van der Waals surface area (Å²) in [5.41, 5.74) is 5.11. The molecule has 1 aliphatic carbocycles. The molecule has 0 unspecified atom stereocenters. The zero-order chi connectivity index (χ0) is 31.6. The van der Waals surface area contributed by atoms with Gasteiger partial charge in [0.1, 0.15) is 30.3 Å². The summed E-state index contributed by atoms with van der Waals surface area (Å²) < 4.78 is 20.4. The van der Waals surface area contributed by atoms with Crippen molar-refractivity contribution in [2.75, 3.05) is 13.2 Å². The van der Waals surface area contributed by atoms with Gasteiger partial charge in [0, 0.05) is 22.5 Å². The molecule has 1 amide bonds. The molecule has 4 aromatic rings. The third kappa shape index (κ3) is 6.95. The van der Waals surface area contributed by atoms with E-state index in [9.17, 15) is 14.7 Å². The smallest absolute Gasteiger partial charge is 0.408 e. The fraction of sp³-hybridized carbons (Fsp3) is 0.405. The second-order valence-corrected chi connectivity index (χ2v) is 13.1. The van der Waals surface area contributed by atoms with Gasteiger partial charge >= 0.3 is 12.1 Å². The van der Waals surface area contributed by atoms with E-state index >= 15 is 0 Å². The minimum atomic E-state index is -0.926. The van der Waals surface area contributed by atoms with Crippen LogP contribution in [0.2, 0.25) is 0 Å². The Kier molecular flexibility index (Phi) is 8.74. The number of carboxylic acid groups (broad SMARTS) is 1. The number of aromatic nitrogens is 1. The summed E-state index contributed by atoms with van der Waals surface area (Å²) in [6, 6.07) is 21.1. The van der Waals surface area contributed by atoms with E-state index < -0.39 is 17.7 Å². The van der Waals surface area contributed by atoms with Gasteiger partial charge in [-0.3, -0.25) is 0 Å². The van der Waals surface area contributed by atoms with E-state index in [1.807, 2.05) is 69.3 Å². The van der Waals surface area contributed by atoms with Crippen LogP contribution in [0.3, 0.4) is 0 Å². The Hall–Kier alpha value is -4.46. The van der Waals surface area contributed by atoms with Gasteiger partial charge in [-0.05, 0) is 81.3 Å².